The van der Waals surface area contributed by atoms with E-state index in [0.717, 1.165) is 5.56 Å². The lowest BCUT2D eigenvalue weighted by Crippen LogP contribution is -2.10. The van der Waals surface area contributed by atoms with Crippen molar-refractivity contribution < 1.29 is 9.53 Å². The molecule has 20 heavy (non-hydrogen) atoms. The van der Waals surface area contributed by atoms with Gasteiger partial charge in [-0.15, -0.1) is 0 Å². The van der Waals surface area contributed by atoms with Gasteiger partial charge >= 0.3 is 5.97 Å². The van der Waals surface area contributed by atoms with Crippen molar-refractivity contribution in [3.05, 3.63) is 41.6 Å². The molecule has 0 aliphatic carbocycles. The summed E-state index contributed by atoms with van der Waals surface area (Å²) in [5.41, 5.74) is 3.45. The first-order valence-electron chi connectivity index (χ1n) is 6.75. The first-order valence-corrected chi connectivity index (χ1v) is 6.75. The predicted molar refractivity (Wildman–Crippen MR) is 78.7 cm³/mol. The fraction of sp³-hybridized carbons (Fsp3) is 0.375. The minimum atomic E-state index is -0.351. The van der Waals surface area contributed by atoms with Crippen LogP contribution >= 0.6 is 0 Å². The van der Waals surface area contributed by atoms with Crippen LogP contribution in [0.4, 0.5) is 0 Å². The van der Waals surface area contributed by atoms with E-state index in [9.17, 15) is 4.79 Å². The molecule has 2 aromatic rings. The Labute approximate surface area is 119 Å². The van der Waals surface area contributed by atoms with Crippen molar-refractivity contribution in [3.8, 4) is 11.3 Å². The highest BCUT2D eigenvalue weighted by atomic mass is 16.5. The van der Waals surface area contributed by atoms with Gasteiger partial charge in [-0.05, 0) is 17.9 Å². The maximum Gasteiger partial charge on any atom is 0.341 e. The number of H-pyrrole nitrogens is 1. The fourth-order valence-corrected chi connectivity index (χ4v) is 2.01. The molecule has 4 nitrogen and oxygen atoms in total. The van der Waals surface area contributed by atoms with Crippen molar-refractivity contribution in [2.75, 3.05) is 6.61 Å². The van der Waals surface area contributed by atoms with Gasteiger partial charge in [-0.2, -0.15) is 5.10 Å². The van der Waals surface area contributed by atoms with Crippen molar-refractivity contribution in [2.45, 2.75) is 33.1 Å². The number of aromatic amines is 1. The Morgan fingerprint density at radius 2 is 1.90 bits per heavy atom. The normalized spacial score (nSPS) is 11.4. The number of ether oxygens (including phenoxy) is 1. The third kappa shape index (κ3) is 2.90. The Morgan fingerprint density at radius 3 is 2.45 bits per heavy atom. The van der Waals surface area contributed by atoms with Gasteiger partial charge in [-0.3, -0.25) is 5.10 Å². The molecule has 4 heteroatoms. The standard InChI is InChI=1S/C16H20N2O2/c1-5-20-15(19)13-10-17-18-14(13)11-6-8-12(9-7-11)16(2,3)4/h6-10H,5H2,1-4H3,(H,17,18). The molecule has 0 aliphatic rings. The number of esters is 1. The Hall–Kier alpha value is -2.10. The average Bonchev–Trinajstić information content (AvgIpc) is 2.87. The second kappa shape index (κ2) is 5.49. The van der Waals surface area contributed by atoms with Crippen LogP contribution in [0.3, 0.4) is 0 Å². The Kier molecular flexibility index (Phi) is 3.93. The third-order valence-electron chi connectivity index (χ3n) is 3.17. The zero-order valence-electron chi connectivity index (χ0n) is 12.4. The molecule has 106 valence electrons. The molecule has 1 aromatic heterocycles. The average molecular weight is 272 g/mol. The third-order valence-corrected chi connectivity index (χ3v) is 3.17. The lowest BCUT2D eigenvalue weighted by Gasteiger charge is -2.19. The number of hydrogen-bond acceptors (Lipinski definition) is 3. The van der Waals surface area contributed by atoms with E-state index in [1.165, 1.54) is 11.8 Å². The minimum Gasteiger partial charge on any atom is -0.462 e. The molecule has 0 unspecified atom stereocenters. The molecule has 0 atom stereocenters. The number of nitrogens with zero attached hydrogens (tertiary/aromatic N) is 1. The summed E-state index contributed by atoms with van der Waals surface area (Å²) >= 11 is 0. The molecule has 0 saturated carbocycles. The molecular weight excluding hydrogens is 252 g/mol. The molecule has 0 radical (unpaired) electrons. The number of nitrogens with one attached hydrogen (secondary N) is 1. The van der Waals surface area contributed by atoms with Crippen LogP contribution in [0, 0.1) is 0 Å². The van der Waals surface area contributed by atoms with Crippen molar-refractivity contribution in [2.24, 2.45) is 0 Å². The Balaban J connectivity index is 2.33. The van der Waals surface area contributed by atoms with E-state index in [1.54, 1.807) is 6.92 Å². The van der Waals surface area contributed by atoms with Crippen molar-refractivity contribution in [1.82, 2.24) is 10.2 Å². The number of aromatic nitrogens is 2. The van der Waals surface area contributed by atoms with E-state index in [-0.39, 0.29) is 11.4 Å². The highest BCUT2D eigenvalue weighted by Crippen LogP contribution is 2.27. The van der Waals surface area contributed by atoms with Gasteiger partial charge in [-0.1, -0.05) is 45.0 Å². The molecule has 0 saturated heterocycles. The van der Waals surface area contributed by atoms with Gasteiger partial charge in [0.1, 0.15) is 5.56 Å². The SMILES string of the molecule is CCOC(=O)c1cn[nH]c1-c1ccc(C(C)(C)C)cc1. The van der Waals surface area contributed by atoms with Gasteiger partial charge in [0.25, 0.3) is 0 Å². The monoisotopic (exact) mass is 272 g/mol. The van der Waals surface area contributed by atoms with Crippen LogP contribution in [-0.4, -0.2) is 22.8 Å². The van der Waals surface area contributed by atoms with E-state index in [2.05, 4.69) is 43.1 Å². The van der Waals surface area contributed by atoms with Gasteiger partial charge in [-0.25, -0.2) is 4.79 Å². The predicted octanol–water partition coefficient (Wildman–Crippen LogP) is 3.55. The first kappa shape index (κ1) is 14.3. The topological polar surface area (TPSA) is 55.0 Å². The molecular formula is C16H20N2O2. The number of carbonyl (C=O) groups is 1. The summed E-state index contributed by atoms with van der Waals surface area (Å²) in [6, 6.07) is 8.14. The first-order chi connectivity index (χ1) is 9.43. The fourth-order valence-electron chi connectivity index (χ4n) is 2.01. The van der Waals surface area contributed by atoms with Gasteiger partial charge in [0.05, 0.1) is 18.5 Å². The van der Waals surface area contributed by atoms with E-state index in [0.29, 0.717) is 17.9 Å². The van der Waals surface area contributed by atoms with E-state index < -0.39 is 0 Å². The second-order valence-corrected chi connectivity index (χ2v) is 5.71. The maximum atomic E-state index is 11.8. The number of hydrogen-bond donors (Lipinski definition) is 1. The zero-order chi connectivity index (χ0) is 14.8. The molecule has 0 spiro atoms. The lowest BCUT2D eigenvalue weighted by atomic mass is 9.86. The van der Waals surface area contributed by atoms with Crippen molar-refractivity contribution >= 4 is 5.97 Å². The van der Waals surface area contributed by atoms with E-state index in [1.807, 2.05) is 12.1 Å². The number of rotatable bonds is 3. The number of benzene rings is 1. The highest BCUT2D eigenvalue weighted by molar-refractivity contribution is 5.95. The molecule has 2 rings (SSSR count). The molecule has 0 fully saturated rings. The van der Waals surface area contributed by atoms with Crippen LogP contribution in [0.2, 0.25) is 0 Å². The quantitative estimate of drug-likeness (QED) is 0.869. The molecule has 1 aromatic carbocycles. The second-order valence-electron chi connectivity index (χ2n) is 5.71. The van der Waals surface area contributed by atoms with Crippen molar-refractivity contribution in [1.29, 1.82) is 0 Å². The number of carbonyl (C=O) groups excluding carboxylic acids is 1. The maximum absolute atomic E-state index is 11.8. The van der Waals surface area contributed by atoms with Crippen LogP contribution in [0.25, 0.3) is 11.3 Å². The summed E-state index contributed by atoms with van der Waals surface area (Å²) in [4.78, 5) is 11.8. The zero-order valence-corrected chi connectivity index (χ0v) is 12.4. The van der Waals surface area contributed by atoms with Gasteiger partial charge < -0.3 is 4.74 Å². The van der Waals surface area contributed by atoms with Crippen LogP contribution in [0.1, 0.15) is 43.6 Å². The smallest absolute Gasteiger partial charge is 0.341 e. The molecule has 1 N–H and O–H groups in total. The lowest BCUT2D eigenvalue weighted by molar-refractivity contribution is 0.0527. The molecule has 0 bridgehead atoms. The van der Waals surface area contributed by atoms with Crippen molar-refractivity contribution in [3.63, 3.8) is 0 Å². The van der Waals surface area contributed by atoms with Crippen LogP contribution in [0.15, 0.2) is 30.5 Å². The molecule has 0 amide bonds. The summed E-state index contributed by atoms with van der Waals surface area (Å²) in [6.45, 7) is 8.65. The summed E-state index contributed by atoms with van der Waals surface area (Å²) in [6.07, 6.45) is 1.50. The summed E-state index contributed by atoms with van der Waals surface area (Å²) in [5, 5.41) is 6.82. The summed E-state index contributed by atoms with van der Waals surface area (Å²) in [7, 11) is 0. The highest BCUT2D eigenvalue weighted by Gasteiger charge is 2.17. The van der Waals surface area contributed by atoms with E-state index in [4.69, 9.17) is 4.74 Å². The minimum absolute atomic E-state index is 0.108. The Bertz CT molecular complexity index is 592. The van der Waals surface area contributed by atoms with Gasteiger partial charge in [0.15, 0.2) is 0 Å². The summed E-state index contributed by atoms with van der Waals surface area (Å²) in [5.74, 6) is -0.351. The van der Waals surface area contributed by atoms with Gasteiger partial charge in [0.2, 0.25) is 0 Å². The summed E-state index contributed by atoms with van der Waals surface area (Å²) < 4.78 is 5.03. The molecule has 0 aliphatic heterocycles. The van der Waals surface area contributed by atoms with Crippen LogP contribution in [-0.2, 0) is 10.2 Å². The largest absolute Gasteiger partial charge is 0.462 e. The Morgan fingerprint density at radius 1 is 1.25 bits per heavy atom. The van der Waals surface area contributed by atoms with Crippen LogP contribution in [0.5, 0.6) is 0 Å². The van der Waals surface area contributed by atoms with Gasteiger partial charge in [0, 0.05) is 5.56 Å². The molecule has 1 heterocycles. The van der Waals surface area contributed by atoms with E-state index >= 15 is 0 Å². The van der Waals surface area contributed by atoms with Crippen LogP contribution < -0.4 is 0 Å².